The third-order valence-corrected chi connectivity index (χ3v) is 0.303. The van der Waals surface area contributed by atoms with Crippen molar-refractivity contribution in [3.63, 3.8) is 0 Å². The topological polar surface area (TPSA) is 20.3 Å². The number of rotatable bonds is 1. The lowest BCUT2D eigenvalue weighted by Gasteiger charge is -1.90. The molecule has 0 fully saturated rings. The molecule has 42 valence electrons. The van der Waals surface area contributed by atoms with E-state index in [1.165, 1.54) is 0 Å². The summed E-state index contributed by atoms with van der Waals surface area (Å²) in [5.41, 5.74) is 0. The summed E-state index contributed by atoms with van der Waals surface area (Å²) in [6.07, 6.45) is 0. The Bertz CT molecular complexity index is 73.3. The van der Waals surface area contributed by atoms with Crippen molar-refractivity contribution in [2.75, 3.05) is 6.67 Å². The Morgan fingerprint density at radius 3 is 2.00 bits per heavy atom. The van der Waals surface area contributed by atoms with Crippen molar-refractivity contribution in [1.29, 1.82) is 0 Å². The monoisotopic (exact) mass is 113 g/mol. The normalized spacial score (nSPS) is 8.43. The number of amides is 1. The van der Waals surface area contributed by atoms with E-state index in [0.717, 1.165) is 0 Å². The van der Waals surface area contributed by atoms with Crippen LogP contribution in [0, 0.1) is 0 Å². The first kappa shape index (κ1) is 6.26. The third-order valence-electron chi connectivity index (χ3n) is 0.303. The maximum atomic E-state index is 10.8. The summed E-state index contributed by atoms with van der Waals surface area (Å²) in [5, 5.41) is -1.79. The second-order valence-electron chi connectivity index (χ2n) is 0.760. The van der Waals surface area contributed by atoms with Crippen molar-refractivity contribution in [2.24, 2.45) is 0 Å². The molecule has 0 radical (unpaired) electrons. The van der Waals surface area contributed by atoms with E-state index in [-0.39, 0.29) is 0 Å². The van der Waals surface area contributed by atoms with E-state index in [1.54, 1.807) is 0 Å². The van der Waals surface area contributed by atoms with Crippen LogP contribution in [0.15, 0.2) is 0 Å². The number of carbonyl (C=O) groups excluding carboxylic acids is 1. The summed E-state index contributed by atoms with van der Waals surface area (Å²) < 4.78 is 32.1. The second-order valence-corrected chi connectivity index (χ2v) is 0.760. The quantitative estimate of drug-likeness (QED) is 0.455. The molecule has 0 spiro atoms. The molecule has 0 aliphatic carbocycles. The molecule has 0 aromatic carbocycles. The lowest BCUT2D eigenvalue weighted by atomic mass is 10.7. The summed E-state index contributed by atoms with van der Waals surface area (Å²) in [6.45, 7) is -1.65. The second kappa shape index (κ2) is 2.44. The molecular formula is C2H2F3NO. The third kappa shape index (κ3) is 2.02. The molecule has 0 aromatic heterocycles. The van der Waals surface area contributed by atoms with Crippen LogP contribution in [0.4, 0.5) is 13.4 Å². The van der Waals surface area contributed by atoms with Crippen LogP contribution in [-0.2, 0) is 4.79 Å². The molecule has 0 saturated carbocycles. The molecule has 5 heteroatoms. The predicted molar refractivity (Wildman–Crippen MR) is 15.0 cm³/mol. The first-order valence-corrected chi connectivity index (χ1v) is 1.39. The number of hydrogen-bond donors (Lipinski definition) is 0. The molecule has 0 unspecified atom stereocenters. The van der Waals surface area contributed by atoms with Crippen molar-refractivity contribution >= 4 is 5.91 Å². The molecular weight excluding hydrogens is 111 g/mol. The van der Waals surface area contributed by atoms with Crippen molar-refractivity contribution in [3.8, 4) is 0 Å². The maximum Gasteiger partial charge on any atom is 0.314 e. The molecule has 0 bridgehead atoms. The van der Waals surface area contributed by atoms with Gasteiger partial charge in [0, 0.05) is 0 Å². The molecule has 2 nitrogen and oxygen atoms in total. The highest BCUT2D eigenvalue weighted by Gasteiger charge is 2.08. The van der Waals surface area contributed by atoms with Gasteiger partial charge in [0.05, 0.1) is 0 Å². The van der Waals surface area contributed by atoms with Crippen LogP contribution in [0.2, 0.25) is 0 Å². The molecule has 0 saturated heterocycles. The van der Waals surface area contributed by atoms with Gasteiger partial charge in [-0.05, 0) is 5.34 Å². The van der Waals surface area contributed by atoms with E-state index >= 15 is 0 Å². The van der Waals surface area contributed by atoms with Crippen LogP contribution in [0.3, 0.4) is 0 Å². The zero-order valence-electron chi connectivity index (χ0n) is 3.20. The first-order chi connectivity index (χ1) is 3.18. The summed E-state index contributed by atoms with van der Waals surface area (Å²) in [6, 6.07) is 0. The molecule has 0 aliphatic heterocycles. The SMILES string of the molecule is O=C(CF)N(F)F. The van der Waals surface area contributed by atoms with Gasteiger partial charge in [-0.25, -0.2) is 4.39 Å². The van der Waals surface area contributed by atoms with Gasteiger partial charge in [0.25, 0.3) is 0 Å². The Balaban J connectivity index is 3.35. The van der Waals surface area contributed by atoms with Crippen LogP contribution in [0.5, 0.6) is 0 Å². The Kier molecular flexibility index (Phi) is 2.18. The van der Waals surface area contributed by atoms with Crippen LogP contribution in [0.25, 0.3) is 0 Å². The number of carbonyl (C=O) groups is 1. The summed E-state index contributed by atoms with van der Waals surface area (Å²) >= 11 is 0. The van der Waals surface area contributed by atoms with Crippen LogP contribution in [0.1, 0.15) is 0 Å². The minimum absolute atomic E-state index is 1.65. The van der Waals surface area contributed by atoms with Gasteiger partial charge in [0.2, 0.25) is 0 Å². The summed E-state index contributed by atoms with van der Waals surface area (Å²) in [4.78, 5) is 9.31. The van der Waals surface area contributed by atoms with Crippen molar-refractivity contribution < 1.29 is 18.1 Å². The fourth-order valence-corrected chi connectivity index (χ4v) is 0.0452. The van der Waals surface area contributed by atoms with E-state index in [2.05, 4.69) is 0 Å². The molecule has 0 aromatic rings. The summed E-state index contributed by atoms with van der Waals surface area (Å²) in [7, 11) is 0. The van der Waals surface area contributed by atoms with E-state index in [0.29, 0.717) is 0 Å². The van der Waals surface area contributed by atoms with Gasteiger partial charge in [0.15, 0.2) is 6.67 Å². The molecule has 1 amide bonds. The molecule has 7 heavy (non-hydrogen) atoms. The van der Waals surface area contributed by atoms with Crippen LogP contribution in [-0.4, -0.2) is 17.9 Å². The fourth-order valence-electron chi connectivity index (χ4n) is 0.0452. The Hall–Kier alpha value is -0.740. The molecule has 0 aliphatic rings. The smallest absolute Gasteiger partial charge is 0.266 e. The zero-order valence-corrected chi connectivity index (χ0v) is 3.20. The van der Waals surface area contributed by atoms with Gasteiger partial charge in [-0.15, -0.1) is 0 Å². The van der Waals surface area contributed by atoms with Gasteiger partial charge in [-0.3, -0.25) is 4.79 Å². The van der Waals surface area contributed by atoms with Gasteiger partial charge in [-0.1, -0.05) is 8.96 Å². The van der Waals surface area contributed by atoms with Crippen LogP contribution < -0.4 is 0 Å². The van der Waals surface area contributed by atoms with Crippen molar-refractivity contribution in [2.45, 2.75) is 0 Å². The lowest BCUT2D eigenvalue weighted by Crippen LogP contribution is -2.14. The maximum absolute atomic E-state index is 10.8. The largest absolute Gasteiger partial charge is 0.314 e. The standard InChI is InChI=1S/C2H2F3NO/c3-1-2(7)6(4)5/h1H2. The molecule has 0 N–H and O–H groups in total. The van der Waals surface area contributed by atoms with Gasteiger partial charge >= 0.3 is 5.91 Å². The van der Waals surface area contributed by atoms with Crippen molar-refractivity contribution in [3.05, 3.63) is 0 Å². The average molecular weight is 113 g/mol. The van der Waals surface area contributed by atoms with E-state index in [9.17, 15) is 18.1 Å². The average Bonchev–Trinajstić information content (AvgIpc) is 1.65. The first-order valence-electron chi connectivity index (χ1n) is 1.39. The number of hydrogen-bond acceptors (Lipinski definition) is 1. The van der Waals surface area contributed by atoms with E-state index in [4.69, 9.17) is 0 Å². The van der Waals surface area contributed by atoms with Gasteiger partial charge in [0.1, 0.15) is 0 Å². The Morgan fingerprint density at radius 1 is 1.57 bits per heavy atom. The Labute approximate surface area is 37.4 Å². The van der Waals surface area contributed by atoms with E-state index in [1.807, 2.05) is 0 Å². The highest BCUT2D eigenvalue weighted by molar-refractivity contribution is 5.74. The molecule has 0 rings (SSSR count). The minimum Gasteiger partial charge on any atom is -0.266 e. The Morgan fingerprint density at radius 2 is 2.00 bits per heavy atom. The summed E-state index contributed by atoms with van der Waals surface area (Å²) in [5.74, 6) is -1.82. The van der Waals surface area contributed by atoms with Crippen LogP contribution >= 0.6 is 0 Å². The fraction of sp³-hybridized carbons (Fsp3) is 0.500. The van der Waals surface area contributed by atoms with Gasteiger partial charge in [-0.2, -0.15) is 0 Å². The predicted octanol–water partition coefficient (Wildman–Crippen LogP) is 0.554. The highest BCUT2D eigenvalue weighted by Crippen LogP contribution is 1.89. The van der Waals surface area contributed by atoms with Gasteiger partial charge < -0.3 is 0 Å². The minimum atomic E-state index is -1.82. The molecule has 0 heterocycles. The number of nitrogens with zero attached hydrogens (tertiary/aromatic N) is 1. The van der Waals surface area contributed by atoms with Crippen molar-refractivity contribution in [1.82, 2.24) is 5.34 Å². The highest BCUT2D eigenvalue weighted by atomic mass is 19.4. The number of alkyl halides is 1. The lowest BCUT2D eigenvalue weighted by molar-refractivity contribution is -0.188. The molecule has 0 atom stereocenters. The number of halogens is 3. The van der Waals surface area contributed by atoms with E-state index < -0.39 is 17.9 Å². The zero-order chi connectivity index (χ0) is 5.86.